The molecule has 2 unspecified atom stereocenters. The number of aromatic nitrogens is 1. The van der Waals surface area contributed by atoms with Crippen LogP contribution in [0.4, 0.5) is 4.79 Å². The second kappa shape index (κ2) is 13.8. The van der Waals surface area contributed by atoms with Crippen LogP contribution in [0.5, 0.6) is 5.88 Å². The van der Waals surface area contributed by atoms with E-state index in [0.29, 0.717) is 57.5 Å². The van der Waals surface area contributed by atoms with E-state index in [1.54, 1.807) is 17.2 Å². The largest absolute Gasteiger partial charge is 0.472 e. The molecule has 1 aromatic carbocycles. The van der Waals surface area contributed by atoms with Gasteiger partial charge in [-0.1, -0.05) is 50.8 Å². The number of carbonyl (C=O) groups excluding carboxylic acids is 3. The molecule has 11 nitrogen and oxygen atoms in total. The minimum atomic E-state index is -3.91. The van der Waals surface area contributed by atoms with Gasteiger partial charge in [-0.15, -0.1) is 6.58 Å². The number of aryl methyl sites for hydroxylation is 1. The number of pyridine rings is 1. The molecule has 3 fully saturated rings. The minimum Gasteiger partial charge on any atom is -0.472 e. The van der Waals surface area contributed by atoms with Gasteiger partial charge < -0.3 is 14.4 Å². The summed E-state index contributed by atoms with van der Waals surface area (Å²) in [6, 6.07) is 7.30. The van der Waals surface area contributed by atoms with Crippen LogP contribution in [0.2, 0.25) is 0 Å². The standard InChI is InChI=1S/C35H46N4O7S/c1-3-5-11-30-32(40)38-19-17-27(23-38)46-31-29-21-24(12-13-25(29)16-18-36-31)10-8-6-7-9-20-45-34(42)39(30)35(22-26(35)4-2)33(41)37-47(43,44)28-14-15-28/h4,12-13,16,18,21,26-28,30H,2-3,5-11,14-15,17,19-20,22-23H2,1H3,(H,37,41)/t26-,27?,30?,35-/m1/s1. The highest BCUT2D eigenvalue weighted by Crippen LogP contribution is 2.52. The molecule has 4 bridgehead atoms. The van der Waals surface area contributed by atoms with E-state index in [1.807, 2.05) is 13.0 Å². The summed E-state index contributed by atoms with van der Waals surface area (Å²) >= 11 is 0. The SMILES string of the molecule is C=C[C@@H]1C[C@@]1(C(=O)NS(=O)(=O)C1CC1)N1C(=O)OCCCCCCc2ccc3ccnc(c3c2)OC2CCN(C2)C(=O)C1CCCC. The van der Waals surface area contributed by atoms with Crippen LogP contribution in [-0.4, -0.2) is 83.7 Å². The van der Waals surface area contributed by atoms with Gasteiger partial charge >= 0.3 is 6.09 Å². The number of nitrogens with zero attached hydrogens (tertiary/aromatic N) is 3. The number of amides is 3. The summed E-state index contributed by atoms with van der Waals surface area (Å²) in [7, 11) is -3.91. The maximum atomic E-state index is 14.5. The van der Waals surface area contributed by atoms with Crippen LogP contribution in [0.15, 0.2) is 43.1 Å². The average molecular weight is 667 g/mol. The van der Waals surface area contributed by atoms with Gasteiger partial charge in [0, 0.05) is 30.5 Å². The fourth-order valence-corrected chi connectivity index (χ4v) is 8.41. The average Bonchev–Trinajstić information content (AvgIpc) is 3.98. The van der Waals surface area contributed by atoms with E-state index in [4.69, 9.17) is 9.47 Å². The molecule has 2 aliphatic heterocycles. The number of fused-ring (bicyclic) bond motifs is 3. The van der Waals surface area contributed by atoms with Crippen molar-refractivity contribution in [2.24, 2.45) is 5.92 Å². The molecule has 254 valence electrons. The lowest BCUT2D eigenvalue weighted by molar-refractivity contribution is -0.140. The van der Waals surface area contributed by atoms with Gasteiger partial charge in [0.2, 0.25) is 21.8 Å². The fourth-order valence-electron chi connectivity index (χ4n) is 7.06. The fraction of sp³-hybridized carbons (Fsp3) is 0.600. The Hall–Kier alpha value is -3.67. The molecule has 1 N–H and O–H groups in total. The van der Waals surface area contributed by atoms with Crippen molar-refractivity contribution in [3.63, 3.8) is 0 Å². The highest BCUT2D eigenvalue weighted by atomic mass is 32.2. The van der Waals surface area contributed by atoms with Crippen LogP contribution < -0.4 is 9.46 Å². The predicted octanol–water partition coefficient (Wildman–Crippen LogP) is 4.88. The van der Waals surface area contributed by atoms with Gasteiger partial charge in [-0.3, -0.25) is 19.2 Å². The molecule has 2 aromatic rings. The van der Waals surface area contributed by atoms with Crippen molar-refractivity contribution in [2.75, 3.05) is 19.7 Å². The third-order valence-corrected chi connectivity index (χ3v) is 11.8. The zero-order valence-corrected chi connectivity index (χ0v) is 28.0. The Bertz CT molecular complexity index is 1630. The summed E-state index contributed by atoms with van der Waals surface area (Å²) in [5, 5.41) is 1.36. The number of carbonyl (C=O) groups is 3. The van der Waals surface area contributed by atoms with Gasteiger partial charge in [-0.2, -0.15) is 0 Å². The van der Waals surface area contributed by atoms with Crippen molar-refractivity contribution in [1.29, 1.82) is 0 Å². The molecule has 2 aliphatic carbocycles. The van der Waals surface area contributed by atoms with Crippen LogP contribution in [-0.2, 0) is 30.8 Å². The summed E-state index contributed by atoms with van der Waals surface area (Å²) in [4.78, 5) is 50.0. The number of nitrogens with one attached hydrogen (secondary N) is 1. The first-order chi connectivity index (χ1) is 22.7. The van der Waals surface area contributed by atoms with E-state index in [2.05, 4.69) is 34.5 Å². The van der Waals surface area contributed by atoms with Crippen molar-refractivity contribution >= 4 is 38.7 Å². The molecule has 1 saturated heterocycles. The molecular formula is C35H46N4O7S. The molecule has 3 amide bonds. The Morgan fingerprint density at radius 1 is 1.15 bits per heavy atom. The molecule has 0 spiro atoms. The van der Waals surface area contributed by atoms with E-state index < -0.39 is 44.8 Å². The van der Waals surface area contributed by atoms with E-state index >= 15 is 0 Å². The number of cyclic esters (lactones) is 1. The molecule has 6 rings (SSSR count). The monoisotopic (exact) mass is 666 g/mol. The normalized spacial score (nSPS) is 27.4. The third kappa shape index (κ3) is 6.98. The highest BCUT2D eigenvalue weighted by Gasteiger charge is 2.67. The van der Waals surface area contributed by atoms with Gasteiger partial charge in [-0.25, -0.2) is 18.2 Å². The number of unbranched alkanes of at least 4 members (excludes halogenated alkanes) is 1. The Balaban J connectivity index is 1.33. The van der Waals surface area contributed by atoms with E-state index in [0.717, 1.165) is 42.9 Å². The van der Waals surface area contributed by atoms with Crippen LogP contribution >= 0.6 is 0 Å². The maximum absolute atomic E-state index is 14.5. The number of sulfonamides is 1. The van der Waals surface area contributed by atoms with Crippen LogP contribution in [0.3, 0.4) is 0 Å². The molecule has 4 aliphatic rings. The molecule has 3 heterocycles. The Labute approximate surface area is 277 Å². The number of ether oxygens (including phenoxy) is 2. The maximum Gasteiger partial charge on any atom is 0.411 e. The topological polar surface area (TPSA) is 135 Å². The summed E-state index contributed by atoms with van der Waals surface area (Å²) in [6.45, 7) is 6.70. The van der Waals surface area contributed by atoms with Gasteiger partial charge in [0.25, 0.3) is 5.91 Å². The Morgan fingerprint density at radius 3 is 2.70 bits per heavy atom. The number of rotatable bonds is 8. The predicted molar refractivity (Wildman–Crippen MR) is 177 cm³/mol. The zero-order chi connectivity index (χ0) is 33.2. The first-order valence-electron chi connectivity index (χ1n) is 17.2. The molecule has 4 atom stereocenters. The van der Waals surface area contributed by atoms with Gasteiger partial charge in [0.05, 0.1) is 18.4 Å². The quantitative estimate of drug-likeness (QED) is 0.394. The van der Waals surface area contributed by atoms with Crippen molar-refractivity contribution in [3.05, 3.63) is 48.7 Å². The van der Waals surface area contributed by atoms with Crippen molar-refractivity contribution in [3.8, 4) is 5.88 Å². The van der Waals surface area contributed by atoms with Crippen molar-refractivity contribution < 1.29 is 32.3 Å². The first kappa shape index (κ1) is 33.2. The summed E-state index contributed by atoms with van der Waals surface area (Å²) in [5.74, 6) is -1.10. The van der Waals surface area contributed by atoms with E-state index in [-0.39, 0.29) is 25.0 Å². The van der Waals surface area contributed by atoms with Gasteiger partial charge in [-0.05, 0) is 68.0 Å². The number of benzene rings is 1. The van der Waals surface area contributed by atoms with Crippen LogP contribution in [0.1, 0.15) is 83.1 Å². The van der Waals surface area contributed by atoms with Crippen LogP contribution in [0, 0.1) is 5.92 Å². The zero-order valence-electron chi connectivity index (χ0n) is 27.2. The van der Waals surface area contributed by atoms with Gasteiger partial charge in [0.1, 0.15) is 17.7 Å². The summed E-state index contributed by atoms with van der Waals surface area (Å²) in [6.07, 6.45) is 9.85. The van der Waals surface area contributed by atoms with Crippen molar-refractivity contribution in [2.45, 2.75) is 107 Å². The lowest BCUT2D eigenvalue weighted by atomic mass is 10.0. The smallest absolute Gasteiger partial charge is 0.411 e. The third-order valence-electron chi connectivity index (χ3n) is 10.0. The van der Waals surface area contributed by atoms with Gasteiger partial charge in [0.15, 0.2) is 0 Å². The molecule has 47 heavy (non-hydrogen) atoms. The summed E-state index contributed by atoms with van der Waals surface area (Å²) < 4.78 is 40.3. The Morgan fingerprint density at radius 2 is 1.96 bits per heavy atom. The highest BCUT2D eigenvalue weighted by molar-refractivity contribution is 7.91. The van der Waals surface area contributed by atoms with E-state index in [1.165, 1.54) is 10.5 Å². The molecule has 1 aromatic heterocycles. The lowest BCUT2D eigenvalue weighted by Gasteiger charge is -2.38. The second-order valence-corrected chi connectivity index (χ2v) is 15.4. The summed E-state index contributed by atoms with van der Waals surface area (Å²) in [5.41, 5.74) is -0.391. The minimum absolute atomic E-state index is 0.130. The number of hydrogen-bond acceptors (Lipinski definition) is 8. The molecular weight excluding hydrogens is 620 g/mol. The molecule has 0 radical (unpaired) electrons. The molecule has 2 saturated carbocycles. The molecule has 12 heteroatoms. The van der Waals surface area contributed by atoms with E-state index in [9.17, 15) is 22.8 Å². The number of hydrogen-bond donors (Lipinski definition) is 1. The second-order valence-electron chi connectivity index (χ2n) is 13.4. The van der Waals surface area contributed by atoms with Crippen molar-refractivity contribution in [1.82, 2.24) is 19.5 Å². The Kier molecular flexibility index (Phi) is 9.77. The lowest BCUT2D eigenvalue weighted by Crippen LogP contribution is -2.61. The van der Waals surface area contributed by atoms with Crippen LogP contribution in [0.25, 0.3) is 10.8 Å². The first-order valence-corrected chi connectivity index (χ1v) is 18.7.